The molecule has 174 valence electrons. The third-order valence-corrected chi connectivity index (χ3v) is 5.96. The van der Waals surface area contributed by atoms with Crippen molar-refractivity contribution in [2.24, 2.45) is 5.73 Å². The number of phenolic OH excluding ortho intramolecular Hbond substituents is 1. The van der Waals surface area contributed by atoms with Gasteiger partial charge in [0.25, 0.3) is 17.5 Å². The van der Waals surface area contributed by atoms with E-state index in [0.717, 1.165) is 18.2 Å². The van der Waals surface area contributed by atoms with Crippen molar-refractivity contribution < 1.29 is 24.0 Å². The first kappa shape index (κ1) is 23.1. The molecule has 1 aliphatic rings. The summed E-state index contributed by atoms with van der Waals surface area (Å²) in [6, 6.07) is 8.41. The second kappa shape index (κ2) is 9.06. The molecule has 0 bridgehead atoms. The number of carbonyl (C=O) groups is 2. The van der Waals surface area contributed by atoms with Crippen LogP contribution in [0.25, 0.3) is 0 Å². The maximum absolute atomic E-state index is 14.5. The van der Waals surface area contributed by atoms with Gasteiger partial charge in [0.1, 0.15) is 17.3 Å². The average molecular weight is 485 g/mol. The number of nitrogens with two attached hydrogens (primary N) is 1. The number of halogens is 2. The number of hydrogen-bond acceptors (Lipinski definition) is 6. The summed E-state index contributed by atoms with van der Waals surface area (Å²) in [6.07, 6.45) is 2.09. The van der Waals surface area contributed by atoms with E-state index in [2.05, 4.69) is 4.98 Å². The monoisotopic (exact) mass is 484 g/mol. The number of rotatable bonds is 6. The Morgan fingerprint density at radius 2 is 2.06 bits per heavy atom. The van der Waals surface area contributed by atoms with Crippen molar-refractivity contribution in [1.29, 1.82) is 0 Å². The van der Waals surface area contributed by atoms with Gasteiger partial charge < -0.3 is 15.7 Å². The minimum atomic E-state index is -0.790. The topological polar surface area (TPSA) is 140 Å². The number of nitro benzene ring substituents is 1. The highest BCUT2D eigenvalue weighted by atomic mass is 35.5. The molecule has 34 heavy (non-hydrogen) atoms. The molecule has 0 unspecified atom stereocenters. The molecule has 4 rings (SSSR count). The molecule has 9 nitrogen and oxygen atoms in total. The predicted octanol–water partition coefficient (Wildman–Crippen LogP) is 3.92. The van der Waals surface area contributed by atoms with E-state index in [1.165, 1.54) is 17.2 Å². The summed E-state index contributed by atoms with van der Waals surface area (Å²) in [6.45, 7) is -0.139. The highest BCUT2D eigenvalue weighted by Crippen LogP contribution is 2.41. The largest absolute Gasteiger partial charge is 0.507 e. The SMILES string of the molecule is NC(=O)c1ncccc1CN(C(=O)c1ccc([N+](=O)[O-])cc1O)[C@@H]1CCc2c(F)cc(Cl)cc21. The Morgan fingerprint density at radius 1 is 1.29 bits per heavy atom. The lowest BCUT2D eigenvalue weighted by atomic mass is 10.0. The number of benzene rings is 2. The molecular weight excluding hydrogens is 467 g/mol. The summed E-state index contributed by atoms with van der Waals surface area (Å²) >= 11 is 6.08. The van der Waals surface area contributed by atoms with E-state index in [9.17, 15) is 29.2 Å². The second-order valence-corrected chi connectivity index (χ2v) is 8.21. The van der Waals surface area contributed by atoms with Gasteiger partial charge in [0, 0.05) is 29.4 Å². The first-order valence-electron chi connectivity index (χ1n) is 10.2. The highest BCUT2D eigenvalue weighted by molar-refractivity contribution is 6.30. The van der Waals surface area contributed by atoms with Crippen LogP contribution in [0, 0.1) is 15.9 Å². The number of aromatic nitrogens is 1. The maximum Gasteiger partial charge on any atom is 0.273 e. The van der Waals surface area contributed by atoms with E-state index in [-0.39, 0.29) is 28.5 Å². The van der Waals surface area contributed by atoms with Crippen molar-refractivity contribution in [2.45, 2.75) is 25.4 Å². The molecule has 0 spiro atoms. The average Bonchev–Trinajstić information content (AvgIpc) is 3.21. The molecular formula is C23H18ClFN4O5. The first-order valence-corrected chi connectivity index (χ1v) is 10.5. The molecule has 3 N–H and O–H groups in total. The molecule has 2 amide bonds. The summed E-state index contributed by atoms with van der Waals surface area (Å²) in [5.74, 6) is -2.54. The minimum Gasteiger partial charge on any atom is -0.507 e. The van der Waals surface area contributed by atoms with Crippen LogP contribution in [0.4, 0.5) is 10.1 Å². The van der Waals surface area contributed by atoms with Gasteiger partial charge in [-0.15, -0.1) is 0 Å². The molecule has 1 heterocycles. The van der Waals surface area contributed by atoms with Crippen molar-refractivity contribution in [3.63, 3.8) is 0 Å². The minimum absolute atomic E-state index is 0.0382. The van der Waals surface area contributed by atoms with Crippen LogP contribution in [0.5, 0.6) is 5.75 Å². The molecule has 1 atom stereocenters. The van der Waals surface area contributed by atoms with E-state index < -0.39 is 34.3 Å². The fourth-order valence-electron chi connectivity index (χ4n) is 4.21. The van der Waals surface area contributed by atoms with Gasteiger partial charge in [0.05, 0.1) is 22.6 Å². The second-order valence-electron chi connectivity index (χ2n) is 7.78. The first-order chi connectivity index (χ1) is 16.2. The van der Waals surface area contributed by atoms with Gasteiger partial charge in [-0.1, -0.05) is 17.7 Å². The zero-order chi connectivity index (χ0) is 24.6. The van der Waals surface area contributed by atoms with E-state index in [1.54, 1.807) is 18.2 Å². The van der Waals surface area contributed by atoms with Gasteiger partial charge in [-0.05, 0) is 48.2 Å². The third-order valence-electron chi connectivity index (χ3n) is 5.75. The Kier molecular flexibility index (Phi) is 6.16. The van der Waals surface area contributed by atoms with Gasteiger partial charge in [0.2, 0.25) is 0 Å². The van der Waals surface area contributed by atoms with E-state index in [0.29, 0.717) is 29.5 Å². The maximum atomic E-state index is 14.5. The number of non-ortho nitro benzene ring substituents is 1. The number of nitro groups is 1. The number of primary amides is 1. The number of amides is 2. The van der Waals surface area contributed by atoms with Gasteiger partial charge in [-0.3, -0.25) is 24.7 Å². The van der Waals surface area contributed by atoms with Gasteiger partial charge in [-0.25, -0.2) is 4.39 Å². The molecule has 0 radical (unpaired) electrons. The molecule has 2 aromatic carbocycles. The van der Waals surface area contributed by atoms with Crippen LogP contribution in [-0.4, -0.2) is 31.7 Å². The van der Waals surface area contributed by atoms with Crippen molar-refractivity contribution in [3.8, 4) is 5.75 Å². The van der Waals surface area contributed by atoms with Crippen LogP contribution in [0.3, 0.4) is 0 Å². The van der Waals surface area contributed by atoms with E-state index in [1.807, 2.05) is 0 Å². The van der Waals surface area contributed by atoms with Crippen LogP contribution < -0.4 is 5.73 Å². The van der Waals surface area contributed by atoms with Crippen LogP contribution >= 0.6 is 11.6 Å². The molecule has 11 heteroatoms. The number of carbonyl (C=O) groups excluding carboxylic acids is 2. The Morgan fingerprint density at radius 3 is 2.74 bits per heavy atom. The summed E-state index contributed by atoms with van der Waals surface area (Å²) in [7, 11) is 0. The lowest BCUT2D eigenvalue weighted by Gasteiger charge is -2.31. The van der Waals surface area contributed by atoms with E-state index >= 15 is 0 Å². The van der Waals surface area contributed by atoms with Crippen molar-refractivity contribution in [2.75, 3.05) is 0 Å². The Bertz CT molecular complexity index is 1330. The number of fused-ring (bicyclic) bond motifs is 1. The number of nitrogens with zero attached hydrogens (tertiary/aromatic N) is 3. The highest BCUT2D eigenvalue weighted by Gasteiger charge is 2.35. The standard InChI is InChI=1S/C23H18ClFN4O5/c24-13-8-17-15(18(25)9-13)5-6-19(17)28(11-12-2-1-7-27-21(12)22(26)31)23(32)16-4-3-14(29(33)34)10-20(16)30/h1-4,7-10,19,30H,5-6,11H2,(H2,26,31)/t19-/m1/s1. The van der Waals surface area contributed by atoms with Crippen LogP contribution in [0.15, 0.2) is 48.7 Å². The Hall–Kier alpha value is -4.05. The Labute approximate surface area is 197 Å². The molecule has 0 fully saturated rings. The smallest absolute Gasteiger partial charge is 0.273 e. The molecule has 1 aromatic heterocycles. The summed E-state index contributed by atoms with van der Waals surface area (Å²) in [4.78, 5) is 41.2. The van der Waals surface area contributed by atoms with E-state index in [4.69, 9.17) is 17.3 Å². The van der Waals surface area contributed by atoms with Crippen molar-refractivity contribution >= 4 is 29.1 Å². The zero-order valence-electron chi connectivity index (χ0n) is 17.6. The Balaban J connectivity index is 1.82. The molecule has 3 aromatic rings. The van der Waals surface area contributed by atoms with Crippen LogP contribution in [0.1, 0.15) is 50.0 Å². The predicted molar refractivity (Wildman–Crippen MR) is 120 cm³/mol. The van der Waals surface area contributed by atoms with Crippen molar-refractivity contribution in [3.05, 3.63) is 97.6 Å². The third kappa shape index (κ3) is 4.27. The van der Waals surface area contributed by atoms with Crippen molar-refractivity contribution in [1.82, 2.24) is 9.88 Å². The quantitative estimate of drug-likeness (QED) is 0.401. The number of pyridine rings is 1. The number of phenols is 1. The lowest BCUT2D eigenvalue weighted by molar-refractivity contribution is -0.384. The molecule has 0 saturated heterocycles. The lowest BCUT2D eigenvalue weighted by Crippen LogP contribution is -2.34. The summed E-state index contributed by atoms with van der Waals surface area (Å²) in [5.41, 5.74) is 6.10. The van der Waals surface area contributed by atoms with Crippen LogP contribution in [0.2, 0.25) is 5.02 Å². The summed E-state index contributed by atoms with van der Waals surface area (Å²) < 4.78 is 14.5. The fourth-order valence-corrected chi connectivity index (χ4v) is 4.42. The number of aromatic hydroxyl groups is 1. The van der Waals surface area contributed by atoms with Gasteiger partial charge in [-0.2, -0.15) is 0 Å². The normalized spacial score (nSPS) is 14.5. The molecule has 1 aliphatic carbocycles. The van der Waals surface area contributed by atoms with Gasteiger partial charge in [0.15, 0.2) is 0 Å². The van der Waals surface area contributed by atoms with Gasteiger partial charge >= 0.3 is 0 Å². The fraction of sp³-hybridized carbons (Fsp3) is 0.174. The number of hydrogen-bond donors (Lipinski definition) is 2. The molecule has 0 aliphatic heterocycles. The molecule has 0 saturated carbocycles. The zero-order valence-corrected chi connectivity index (χ0v) is 18.3. The van der Waals surface area contributed by atoms with Crippen LogP contribution in [-0.2, 0) is 13.0 Å². The summed E-state index contributed by atoms with van der Waals surface area (Å²) in [5, 5.41) is 21.6.